The minimum absolute atomic E-state index is 0.113. The largest absolute Gasteiger partial charge is 0.496 e. The fraction of sp³-hybridized carbons (Fsp3) is 0.625. The van der Waals surface area contributed by atoms with E-state index < -0.39 is 0 Å². The fourth-order valence-corrected chi connectivity index (χ4v) is 2.38. The Balaban J connectivity index is 2.33. The van der Waals surface area contributed by atoms with Crippen LogP contribution < -0.4 is 4.74 Å². The lowest BCUT2D eigenvalue weighted by Gasteiger charge is -2.25. The summed E-state index contributed by atoms with van der Waals surface area (Å²) in [7, 11) is 1.77. The molecule has 1 unspecified atom stereocenters. The Labute approximate surface area is 110 Å². The van der Waals surface area contributed by atoms with E-state index in [-0.39, 0.29) is 5.41 Å². The van der Waals surface area contributed by atoms with Gasteiger partial charge in [-0.2, -0.15) is 0 Å². The Hall–Kier alpha value is -1.02. The SMILES string of the molecule is COc1c(CCC2CO2)cc(C)cc1C(C)(C)C. The topological polar surface area (TPSA) is 21.8 Å². The van der Waals surface area contributed by atoms with E-state index >= 15 is 0 Å². The van der Waals surface area contributed by atoms with Gasteiger partial charge in [0.1, 0.15) is 5.75 Å². The monoisotopic (exact) mass is 248 g/mol. The normalized spacial score (nSPS) is 18.8. The quantitative estimate of drug-likeness (QED) is 0.759. The highest BCUT2D eigenvalue weighted by molar-refractivity contribution is 5.48. The molecule has 2 rings (SSSR count). The van der Waals surface area contributed by atoms with Gasteiger partial charge in [0.15, 0.2) is 0 Å². The summed E-state index contributed by atoms with van der Waals surface area (Å²) in [6.07, 6.45) is 2.62. The predicted octanol–water partition coefficient (Wildman–Crippen LogP) is 3.63. The zero-order valence-electron chi connectivity index (χ0n) is 12.2. The zero-order valence-corrected chi connectivity index (χ0v) is 12.2. The number of aryl methyl sites for hydroxylation is 2. The maximum atomic E-state index is 5.67. The second-order valence-electron chi connectivity index (χ2n) is 6.25. The molecule has 0 spiro atoms. The number of benzene rings is 1. The lowest BCUT2D eigenvalue weighted by Crippen LogP contribution is -2.14. The summed E-state index contributed by atoms with van der Waals surface area (Å²) in [5.74, 6) is 1.06. The van der Waals surface area contributed by atoms with Crippen molar-refractivity contribution in [2.24, 2.45) is 0 Å². The summed E-state index contributed by atoms with van der Waals surface area (Å²) < 4.78 is 11.0. The Bertz CT molecular complexity index is 425. The fourth-order valence-electron chi connectivity index (χ4n) is 2.38. The van der Waals surface area contributed by atoms with E-state index in [4.69, 9.17) is 9.47 Å². The van der Waals surface area contributed by atoms with E-state index in [1.165, 1.54) is 16.7 Å². The molecule has 1 aliphatic rings. The summed E-state index contributed by atoms with van der Waals surface area (Å²) in [5, 5.41) is 0. The van der Waals surface area contributed by atoms with E-state index in [1.807, 2.05) is 0 Å². The molecule has 0 bridgehead atoms. The van der Waals surface area contributed by atoms with Crippen molar-refractivity contribution in [2.45, 2.75) is 52.1 Å². The van der Waals surface area contributed by atoms with Gasteiger partial charge in [-0.15, -0.1) is 0 Å². The minimum atomic E-state index is 0.113. The molecule has 1 saturated heterocycles. The lowest BCUT2D eigenvalue weighted by atomic mass is 9.83. The molecule has 1 fully saturated rings. The molecule has 100 valence electrons. The molecule has 1 aromatic rings. The molecule has 1 aliphatic heterocycles. The van der Waals surface area contributed by atoms with E-state index in [2.05, 4.69) is 39.8 Å². The van der Waals surface area contributed by atoms with Crippen molar-refractivity contribution in [3.63, 3.8) is 0 Å². The maximum Gasteiger partial charge on any atom is 0.125 e. The molecular weight excluding hydrogens is 224 g/mol. The highest BCUT2D eigenvalue weighted by Gasteiger charge is 2.25. The first kappa shape index (κ1) is 13.4. The standard InChI is InChI=1S/C16H24O2/c1-11-8-12(6-7-13-10-18-13)15(17-5)14(9-11)16(2,3)4/h8-9,13H,6-7,10H2,1-5H3. The highest BCUT2D eigenvalue weighted by Crippen LogP contribution is 2.36. The van der Waals surface area contributed by atoms with Crippen LogP contribution in [0.25, 0.3) is 0 Å². The van der Waals surface area contributed by atoms with Crippen LogP contribution in [0.1, 0.15) is 43.9 Å². The Morgan fingerprint density at radius 1 is 1.33 bits per heavy atom. The highest BCUT2D eigenvalue weighted by atomic mass is 16.6. The molecule has 2 heteroatoms. The van der Waals surface area contributed by atoms with Gasteiger partial charge in [0.05, 0.1) is 19.8 Å². The van der Waals surface area contributed by atoms with Gasteiger partial charge in [0.2, 0.25) is 0 Å². The van der Waals surface area contributed by atoms with Gasteiger partial charge in [-0.05, 0) is 30.7 Å². The van der Waals surface area contributed by atoms with Crippen LogP contribution in [0.2, 0.25) is 0 Å². The number of ether oxygens (including phenoxy) is 2. The Morgan fingerprint density at radius 3 is 2.50 bits per heavy atom. The second kappa shape index (κ2) is 4.93. The van der Waals surface area contributed by atoms with Gasteiger partial charge in [0, 0.05) is 5.56 Å². The van der Waals surface area contributed by atoms with Crippen molar-refractivity contribution in [2.75, 3.05) is 13.7 Å². The smallest absolute Gasteiger partial charge is 0.125 e. The molecule has 1 atom stereocenters. The number of epoxide rings is 1. The zero-order chi connectivity index (χ0) is 13.3. The molecule has 18 heavy (non-hydrogen) atoms. The van der Waals surface area contributed by atoms with Crippen LogP contribution in [-0.2, 0) is 16.6 Å². The average molecular weight is 248 g/mol. The third kappa shape index (κ3) is 3.05. The molecule has 0 saturated carbocycles. The number of hydrogen-bond acceptors (Lipinski definition) is 2. The van der Waals surface area contributed by atoms with E-state index in [0.717, 1.165) is 25.2 Å². The van der Waals surface area contributed by atoms with Gasteiger partial charge in [-0.3, -0.25) is 0 Å². The van der Waals surface area contributed by atoms with Crippen LogP contribution in [-0.4, -0.2) is 19.8 Å². The first-order valence-electron chi connectivity index (χ1n) is 6.71. The van der Waals surface area contributed by atoms with E-state index in [1.54, 1.807) is 7.11 Å². The lowest BCUT2D eigenvalue weighted by molar-refractivity contribution is 0.382. The van der Waals surface area contributed by atoms with Gasteiger partial charge >= 0.3 is 0 Å². The predicted molar refractivity (Wildman–Crippen MR) is 74.5 cm³/mol. The molecule has 0 aliphatic carbocycles. The Morgan fingerprint density at radius 2 is 2.00 bits per heavy atom. The number of hydrogen-bond donors (Lipinski definition) is 0. The summed E-state index contributed by atoms with van der Waals surface area (Å²) in [5.41, 5.74) is 4.05. The first-order valence-corrected chi connectivity index (χ1v) is 6.71. The van der Waals surface area contributed by atoms with Crippen molar-refractivity contribution < 1.29 is 9.47 Å². The van der Waals surface area contributed by atoms with Crippen LogP contribution in [0.3, 0.4) is 0 Å². The summed E-state index contributed by atoms with van der Waals surface area (Å²) in [6.45, 7) is 9.79. The number of rotatable bonds is 4. The maximum absolute atomic E-state index is 5.67. The molecule has 0 aromatic heterocycles. The molecule has 0 radical (unpaired) electrons. The average Bonchev–Trinajstić information content (AvgIpc) is 3.08. The summed E-state index contributed by atoms with van der Waals surface area (Å²) >= 11 is 0. The van der Waals surface area contributed by atoms with Crippen LogP contribution >= 0.6 is 0 Å². The van der Waals surface area contributed by atoms with Gasteiger partial charge in [-0.1, -0.05) is 38.5 Å². The van der Waals surface area contributed by atoms with Crippen LogP contribution in [0.4, 0.5) is 0 Å². The van der Waals surface area contributed by atoms with Crippen molar-refractivity contribution >= 4 is 0 Å². The van der Waals surface area contributed by atoms with Gasteiger partial charge in [-0.25, -0.2) is 0 Å². The van der Waals surface area contributed by atoms with Crippen molar-refractivity contribution in [3.05, 3.63) is 28.8 Å². The molecule has 0 amide bonds. The summed E-state index contributed by atoms with van der Waals surface area (Å²) in [4.78, 5) is 0. The third-order valence-electron chi connectivity index (χ3n) is 3.46. The molecule has 1 heterocycles. The van der Waals surface area contributed by atoms with E-state index in [0.29, 0.717) is 6.10 Å². The van der Waals surface area contributed by atoms with Crippen molar-refractivity contribution in [3.8, 4) is 5.75 Å². The molecule has 2 nitrogen and oxygen atoms in total. The third-order valence-corrected chi connectivity index (χ3v) is 3.46. The van der Waals surface area contributed by atoms with Crippen LogP contribution in [0.5, 0.6) is 5.75 Å². The van der Waals surface area contributed by atoms with Crippen molar-refractivity contribution in [1.29, 1.82) is 0 Å². The molecule has 0 N–H and O–H groups in total. The van der Waals surface area contributed by atoms with Gasteiger partial charge in [0.25, 0.3) is 0 Å². The van der Waals surface area contributed by atoms with Crippen LogP contribution in [0, 0.1) is 6.92 Å². The summed E-state index contributed by atoms with van der Waals surface area (Å²) in [6, 6.07) is 4.49. The second-order valence-corrected chi connectivity index (χ2v) is 6.25. The van der Waals surface area contributed by atoms with Crippen molar-refractivity contribution in [1.82, 2.24) is 0 Å². The van der Waals surface area contributed by atoms with Crippen LogP contribution in [0.15, 0.2) is 12.1 Å². The Kier molecular flexibility index (Phi) is 3.67. The minimum Gasteiger partial charge on any atom is -0.496 e. The molecule has 1 aromatic carbocycles. The van der Waals surface area contributed by atoms with E-state index in [9.17, 15) is 0 Å². The molecular formula is C16H24O2. The number of methoxy groups -OCH3 is 1. The van der Waals surface area contributed by atoms with Gasteiger partial charge < -0.3 is 9.47 Å². The first-order chi connectivity index (χ1) is 8.41.